The molecule has 0 aliphatic heterocycles. The number of nitrogens with one attached hydrogen (secondary N) is 2. The normalized spacial score (nSPS) is 14.2. The third-order valence-electron chi connectivity index (χ3n) is 2.43. The average molecular weight is 215 g/mol. The fourth-order valence-electron chi connectivity index (χ4n) is 1.53. The Bertz CT molecular complexity index is 238. The third kappa shape index (κ3) is 3.29. The lowest BCUT2D eigenvalue weighted by Crippen LogP contribution is -2.36. The molecule has 80 valence electrons. The van der Waals surface area contributed by atoms with Crippen LogP contribution in [0.1, 0.15) is 18.5 Å². The van der Waals surface area contributed by atoms with Crippen LogP contribution in [-0.2, 0) is 0 Å². The van der Waals surface area contributed by atoms with Gasteiger partial charge in [-0.1, -0.05) is 30.3 Å². The largest absolute Gasteiger partial charge is 0.315 e. The minimum absolute atomic E-state index is 0. The highest BCUT2D eigenvalue weighted by molar-refractivity contribution is 5.85. The summed E-state index contributed by atoms with van der Waals surface area (Å²) in [5.74, 6) is 0. The fraction of sp³-hybridized carbons (Fsp3) is 0.455. The lowest BCUT2D eigenvalue weighted by Gasteiger charge is -2.23. The van der Waals surface area contributed by atoms with Gasteiger partial charge in [0.15, 0.2) is 0 Å². The predicted octanol–water partition coefficient (Wildman–Crippen LogP) is 1.98. The van der Waals surface area contributed by atoms with Crippen LogP contribution in [0.3, 0.4) is 0 Å². The second-order valence-corrected chi connectivity index (χ2v) is 3.25. The van der Waals surface area contributed by atoms with Gasteiger partial charge in [-0.05, 0) is 26.6 Å². The first-order chi connectivity index (χ1) is 6.29. The van der Waals surface area contributed by atoms with E-state index in [4.69, 9.17) is 0 Å². The standard InChI is InChI=1S/C11H18N2.ClH/c1-9(12-2)11(13-3)10-7-5-4-6-8-10;/h4-9,11-13H,1-3H3;1H/t9-,11-;/m0./s1. The molecule has 3 heteroatoms. The molecule has 0 aliphatic carbocycles. The van der Waals surface area contributed by atoms with Crippen molar-refractivity contribution in [1.29, 1.82) is 0 Å². The number of rotatable bonds is 4. The average Bonchev–Trinajstić information content (AvgIpc) is 2.20. The number of hydrogen-bond acceptors (Lipinski definition) is 2. The first-order valence-corrected chi connectivity index (χ1v) is 4.69. The summed E-state index contributed by atoms with van der Waals surface area (Å²) in [5, 5.41) is 6.56. The van der Waals surface area contributed by atoms with Crippen molar-refractivity contribution >= 4 is 12.4 Å². The maximum Gasteiger partial charge on any atom is 0.0470 e. The first-order valence-electron chi connectivity index (χ1n) is 4.69. The Morgan fingerprint density at radius 2 is 1.57 bits per heavy atom. The van der Waals surface area contributed by atoms with Crippen molar-refractivity contribution < 1.29 is 0 Å². The quantitative estimate of drug-likeness (QED) is 0.801. The van der Waals surface area contributed by atoms with Crippen LogP contribution in [0.25, 0.3) is 0 Å². The van der Waals surface area contributed by atoms with Gasteiger partial charge >= 0.3 is 0 Å². The van der Waals surface area contributed by atoms with E-state index in [9.17, 15) is 0 Å². The second kappa shape index (κ2) is 6.82. The number of likely N-dealkylation sites (N-methyl/N-ethyl adjacent to an activating group) is 2. The van der Waals surface area contributed by atoms with E-state index < -0.39 is 0 Å². The molecular weight excluding hydrogens is 196 g/mol. The van der Waals surface area contributed by atoms with Crippen LogP contribution in [0.4, 0.5) is 0 Å². The first kappa shape index (κ1) is 13.4. The maximum atomic E-state index is 3.31. The van der Waals surface area contributed by atoms with Crippen molar-refractivity contribution in [1.82, 2.24) is 10.6 Å². The number of benzene rings is 1. The van der Waals surface area contributed by atoms with Crippen molar-refractivity contribution in [3.05, 3.63) is 35.9 Å². The van der Waals surface area contributed by atoms with E-state index in [1.807, 2.05) is 20.2 Å². The molecule has 0 aromatic heterocycles. The number of hydrogen-bond donors (Lipinski definition) is 2. The Hall–Kier alpha value is -0.570. The molecule has 2 nitrogen and oxygen atoms in total. The van der Waals surface area contributed by atoms with E-state index in [0.717, 1.165) is 0 Å². The molecule has 0 radical (unpaired) electrons. The molecular formula is C11H19ClN2. The molecule has 0 bridgehead atoms. The van der Waals surface area contributed by atoms with Gasteiger partial charge in [0.2, 0.25) is 0 Å². The van der Waals surface area contributed by atoms with E-state index >= 15 is 0 Å². The molecule has 0 aliphatic rings. The monoisotopic (exact) mass is 214 g/mol. The third-order valence-corrected chi connectivity index (χ3v) is 2.43. The van der Waals surface area contributed by atoms with Gasteiger partial charge in [0, 0.05) is 12.1 Å². The van der Waals surface area contributed by atoms with Crippen LogP contribution >= 0.6 is 12.4 Å². The zero-order chi connectivity index (χ0) is 9.68. The molecule has 0 fully saturated rings. The summed E-state index contributed by atoms with van der Waals surface area (Å²) in [6.45, 7) is 2.17. The SMILES string of the molecule is CN[C@@H](C)[C@H](NC)c1ccccc1.Cl. The van der Waals surface area contributed by atoms with E-state index in [1.54, 1.807) is 0 Å². The molecule has 0 spiro atoms. The molecule has 0 saturated carbocycles. The Morgan fingerprint density at radius 3 is 2.00 bits per heavy atom. The second-order valence-electron chi connectivity index (χ2n) is 3.25. The molecule has 0 unspecified atom stereocenters. The summed E-state index contributed by atoms with van der Waals surface area (Å²) < 4.78 is 0. The molecule has 0 heterocycles. The maximum absolute atomic E-state index is 3.31. The van der Waals surface area contributed by atoms with Crippen LogP contribution in [0.15, 0.2) is 30.3 Å². The van der Waals surface area contributed by atoms with Crippen LogP contribution in [-0.4, -0.2) is 20.1 Å². The minimum atomic E-state index is 0. The van der Waals surface area contributed by atoms with E-state index in [0.29, 0.717) is 12.1 Å². The molecule has 2 N–H and O–H groups in total. The highest BCUT2D eigenvalue weighted by Crippen LogP contribution is 2.15. The molecule has 2 atom stereocenters. The van der Waals surface area contributed by atoms with Gasteiger partial charge in [0.1, 0.15) is 0 Å². The molecule has 1 rings (SSSR count). The lowest BCUT2D eigenvalue weighted by molar-refractivity contribution is 0.446. The summed E-state index contributed by atoms with van der Waals surface area (Å²) in [6.07, 6.45) is 0. The Labute approximate surface area is 92.5 Å². The zero-order valence-electron chi connectivity index (χ0n) is 8.95. The van der Waals surface area contributed by atoms with Crippen molar-refractivity contribution in [2.45, 2.75) is 19.0 Å². The molecule has 0 saturated heterocycles. The van der Waals surface area contributed by atoms with Crippen LogP contribution in [0, 0.1) is 0 Å². The smallest absolute Gasteiger partial charge is 0.0470 e. The molecule has 1 aromatic rings. The van der Waals surface area contributed by atoms with Gasteiger partial charge in [-0.2, -0.15) is 0 Å². The number of halogens is 1. The van der Waals surface area contributed by atoms with E-state index in [2.05, 4.69) is 41.8 Å². The Kier molecular flexibility index (Phi) is 6.54. The van der Waals surface area contributed by atoms with Crippen LogP contribution in [0.5, 0.6) is 0 Å². The van der Waals surface area contributed by atoms with Crippen molar-refractivity contribution in [3.8, 4) is 0 Å². The summed E-state index contributed by atoms with van der Waals surface area (Å²) >= 11 is 0. The zero-order valence-corrected chi connectivity index (χ0v) is 9.77. The van der Waals surface area contributed by atoms with Gasteiger partial charge in [-0.15, -0.1) is 12.4 Å². The topological polar surface area (TPSA) is 24.1 Å². The highest BCUT2D eigenvalue weighted by Gasteiger charge is 2.14. The molecule has 14 heavy (non-hydrogen) atoms. The molecule has 1 aromatic carbocycles. The summed E-state index contributed by atoms with van der Waals surface area (Å²) in [7, 11) is 3.98. The van der Waals surface area contributed by atoms with E-state index in [-0.39, 0.29) is 12.4 Å². The van der Waals surface area contributed by atoms with Crippen LogP contribution < -0.4 is 10.6 Å². The van der Waals surface area contributed by atoms with Crippen LogP contribution in [0.2, 0.25) is 0 Å². The Balaban J connectivity index is 0.00000169. The van der Waals surface area contributed by atoms with E-state index in [1.165, 1.54) is 5.56 Å². The van der Waals surface area contributed by atoms with Gasteiger partial charge in [-0.3, -0.25) is 0 Å². The van der Waals surface area contributed by atoms with Crippen molar-refractivity contribution in [3.63, 3.8) is 0 Å². The summed E-state index contributed by atoms with van der Waals surface area (Å²) in [4.78, 5) is 0. The lowest BCUT2D eigenvalue weighted by atomic mass is 10.0. The summed E-state index contributed by atoms with van der Waals surface area (Å²) in [6, 6.07) is 11.3. The summed E-state index contributed by atoms with van der Waals surface area (Å²) in [5.41, 5.74) is 1.33. The fourth-order valence-corrected chi connectivity index (χ4v) is 1.53. The predicted molar refractivity (Wildman–Crippen MR) is 64.0 cm³/mol. The Morgan fingerprint density at radius 1 is 1.00 bits per heavy atom. The van der Waals surface area contributed by atoms with Gasteiger partial charge in [-0.25, -0.2) is 0 Å². The highest BCUT2D eigenvalue weighted by atomic mass is 35.5. The minimum Gasteiger partial charge on any atom is -0.315 e. The van der Waals surface area contributed by atoms with Gasteiger partial charge in [0.05, 0.1) is 0 Å². The van der Waals surface area contributed by atoms with Gasteiger partial charge < -0.3 is 10.6 Å². The van der Waals surface area contributed by atoms with Gasteiger partial charge in [0.25, 0.3) is 0 Å². The van der Waals surface area contributed by atoms with Crippen molar-refractivity contribution in [2.24, 2.45) is 0 Å². The van der Waals surface area contributed by atoms with Crippen molar-refractivity contribution in [2.75, 3.05) is 14.1 Å². The molecule has 0 amide bonds.